The molecule has 0 aliphatic carbocycles. The number of rotatable bonds is 6. The van der Waals surface area contributed by atoms with E-state index in [0.29, 0.717) is 25.4 Å². The highest BCUT2D eigenvalue weighted by molar-refractivity contribution is 6.05. The van der Waals surface area contributed by atoms with Gasteiger partial charge in [-0.05, 0) is 0 Å². The third-order valence-corrected chi connectivity index (χ3v) is 2.79. The molecule has 1 unspecified atom stereocenters. The van der Waals surface area contributed by atoms with Crippen LogP contribution >= 0.6 is 0 Å². The SMILES string of the molecule is COCCN1C(=O)NC(=N)C1c1cn(CCO)nn1. The van der Waals surface area contributed by atoms with Crippen molar-refractivity contribution in [3.05, 3.63) is 11.9 Å². The van der Waals surface area contributed by atoms with Crippen LogP contribution in [-0.2, 0) is 11.3 Å². The Morgan fingerprint density at radius 3 is 3.05 bits per heavy atom. The fraction of sp³-hybridized carbons (Fsp3) is 0.600. The minimum absolute atomic E-state index is 0.0461. The first-order valence-corrected chi connectivity index (χ1v) is 5.83. The molecular formula is C10H16N6O3. The van der Waals surface area contributed by atoms with Gasteiger partial charge in [0.05, 0.1) is 26.0 Å². The van der Waals surface area contributed by atoms with Crippen molar-refractivity contribution in [3.63, 3.8) is 0 Å². The topological polar surface area (TPSA) is 116 Å². The molecule has 0 aromatic carbocycles. The maximum absolute atomic E-state index is 11.7. The lowest BCUT2D eigenvalue weighted by molar-refractivity contribution is 0.150. The van der Waals surface area contributed by atoms with Gasteiger partial charge in [0.2, 0.25) is 0 Å². The predicted molar refractivity (Wildman–Crippen MR) is 64.7 cm³/mol. The normalized spacial score (nSPS) is 19.1. The Balaban J connectivity index is 2.18. The molecule has 0 radical (unpaired) electrons. The van der Waals surface area contributed by atoms with Crippen LogP contribution in [0, 0.1) is 5.41 Å². The molecule has 1 aliphatic heterocycles. The summed E-state index contributed by atoms with van der Waals surface area (Å²) < 4.78 is 6.42. The molecule has 19 heavy (non-hydrogen) atoms. The summed E-state index contributed by atoms with van der Waals surface area (Å²) in [6.45, 7) is 1.02. The summed E-state index contributed by atoms with van der Waals surface area (Å²) in [5.41, 5.74) is 0.493. The molecule has 2 rings (SSSR count). The van der Waals surface area contributed by atoms with Crippen LogP contribution in [0.2, 0.25) is 0 Å². The van der Waals surface area contributed by atoms with Crippen LogP contribution in [0.4, 0.5) is 4.79 Å². The molecule has 104 valence electrons. The van der Waals surface area contributed by atoms with Gasteiger partial charge in [-0.2, -0.15) is 0 Å². The molecule has 0 saturated carbocycles. The summed E-state index contributed by atoms with van der Waals surface area (Å²) in [6, 6.07) is -0.918. The Morgan fingerprint density at radius 2 is 2.37 bits per heavy atom. The molecule has 1 aliphatic rings. The van der Waals surface area contributed by atoms with Crippen molar-refractivity contribution in [2.24, 2.45) is 0 Å². The molecule has 9 nitrogen and oxygen atoms in total. The van der Waals surface area contributed by atoms with E-state index in [1.54, 1.807) is 13.3 Å². The summed E-state index contributed by atoms with van der Waals surface area (Å²) in [5, 5.41) is 26.9. The summed E-state index contributed by atoms with van der Waals surface area (Å²) in [7, 11) is 1.55. The molecule has 2 heterocycles. The first-order valence-electron chi connectivity index (χ1n) is 5.83. The zero-order valence-corrected chi connectivity index (χ0v) is 10.5. The number of nitrogens with one attached hydrogen (secondary N) is 2. The maximum atomic E-state index is 11.7. The number of methoxy groups -OCH3 is 1. The fourth-order valence-electron chi connectivity index (χ4n) is 1.91. The molecule has 2 amide bonds. The van der Waals surface area contributed by atoms with Crippen molar-refractivity contribution >= 4 is 11.9 Å². The van der Waals surface area contributed by atoms with Gasteiger partial charge in [-0.1, -0.05) is 5.21 Å². The average molecular weight is 268 g/mol. The third-order valence-electron chi connectivity index (χ3n) is 2.79. The number of carbonyl (C=O) groups is 1. The van der Waals surface area contributed by atoms with Gasteiger partial charge < -0.3 is 14.7 Å². The number of hydrogen-bond acceptors (Lipinski definition) is 6. The Labute approximate surface area is 109 Å². The van der Waals surface area contributed by atoms with E-state index in [2.05, 4.69) is 15.6 Å². The number of aliphatic hydroxyl groups excluding tert-OH is 1. The van der Waals surface area contributed by atoms with E-state index >= 15 is 0 Å². The Bertz CT molecular complexity index is 474. The van der Waals surface area contributed by atoms with E-state index in [1.165, 1.54) is 9.58 Å². The number of hydrogen-bond donors (Lipinski definition) is 3. The van der Waals surface area contributed by atoms with Crippen molar-refractivity contribution in [2.45, 2.75) is 12.6 Å². The lowest BCUT2D eigenvalue weighted by atomic mass is 10.2. The summed E-state index contributed by atoms with van der Waals surface area (Å²) in [4.78, 5) is 13.2. The third kappa shape index (κ3) is 2.71. The van der Waals surface area contributed by atoms with Crippen molar-refractivity contribution < 1.29 is 14.6 Å². The molecule has 9 heteroatoms. The minimum Gasteiger partial charge on any atom is -0.394 e. The molecule has 1 fully saturated rings. The molecule has 1 saturated heterocycles. The molecule has 0 spiro atoms. The molecular weight excluding hydrogens is 252 g/mol. The zero-order valence-electron chi connectivity index (χ0n) is 10.5. The van der Waals surface area contributed by atoms with E-state index in [4.69, 9.17) is 15.3 Å². The Kier molecular flexibility index (Phi) is 4.07. The van der Waals surface area contributed by atoms with Crippen molar-refractivity contribution in [1.29, 1.82) is 5.41 Å². The number of aromatic nitrogens is 3. The number of ether oxygens (including phenoxy) is 1. The quantitative estimate of drug-likeness (QED) is 0.609. The number of urea groups is 1. The Morgan fingerprint density at radius 1 is 1.58 bits per heavy atom. The standard InChI is InChI=1S/C10H16N6O3/c1-19-5-3-16-8(9(11)12-10(16)18)7-6-15(2-4-17)14-13-7/h6,8,17H,2-5H2,1H3,(H2,11,12,18). The van der Waals surface area contributed by atoms with E-state index in [0.717, 1.165) is 0 Å². The van der Waals surface area contributed by atoms with Crippen molar-refractivity contribution in [1.82, 2.24) is 25.2 Å². The van der Waals surface area contributed by atoms with Gasteiger partial charge >= 0.3 is 6.03 Å². The number of nitrogens with zero attached hydrogens (tertiary/aromatic N) is 4. The second kappa shape index (κ2) is 5.76. The van der Waals surface area contributed by atoms with Gasteiger partial charge in [0, 0.05) is 13.7 Å². The molecule has 0 bridgehead atoms. The molecule has 1 aromatic rings. The van der Waals surface area contributed by atoms with Gasteiger partial charge in [-0.3, -0.25) is 10.7 Å². The van der Waals surface area contributed by atoms with Crippen LogP contribution in [0.1, 0.15) is 11.7 Å². The van der Waals surface area contributed by atoms with Gasteiger partial charge in [-0.25, -0.2) is 9.48 Å². The van der Waals surface area contributed by atoms with E-state index in [9.17, 15) is 4.79 Å². The zero-order chi connectivity index (χ0) is 13.8. The summed E-state index contributed by atoms with van der Waals surface area (Å²) in [6.07, 6.45) is 1.62. The lowest BCUT2D eigenvalue weighted by Gasteiger charge is -2.20. The first-order chi connectivity index (χ1) is 9.17. The smallest absolute Gasteiger partial charge is 0.323 e. The largest absolute Gasteiger partial charge is 0.394 e. The highest BCUT2D eigenvalue weighted by Crippen LogP contribution is 2.23. The number of amides is 2. The Hall–Kier alpha value is -2.00. The molecule has 1 aromatic heterocycles. The van der Waals surface area contributed by atoms with Gasteiger partial charge in [-0.15, -0.1) is 5.10 Å². The van der Waals surface area contributed by atoms with Crippen molar-refractivity contribution in [2.75, 3.05) is 26.9 Å². The number of aliphatic hydroxyl groups is 1. The highest BCUT2D eigenvalue weighted by atomic mass is 16.5. The van der Waals surface area contributed by atoms with E-state index < -0.39 is 6.04 Å². The van der Waals surface area contributed by atoms with Crippen LogP contribution in [0.15, 0.2) is 6.20 Å². The van der Waals surface area contributed by atoms with Crippen LogP contribution < -0.4 is 5.32 Å². The number of amidine groups is 1. The van der Waals surface area contributed by atoms with E-state index in [1.807, 2.05) is 0 Å². The van der Waals surface area contributed by atoms with Gasteiger partial charge in [0.25, 0.3) is 0 Å². The monoisotopic (exact) mass is 268 g/mol. The van der Waals surface area contributed by atoms with Gasteiger partial charge in [0.1, 0.15) is 17.6 Å². The van der Waals surface area contributed by atoms with Crippen LogP contribution in [0.3, 0.4) is 0 Å². The minimum atomic E-state index is -0.574. The second-order valence-electron chi connectivity index (χ2n) is 4.06. The highest BCUT2D eigenvalue weighted by Gasteiger charge is 2.38. The predicted octanol–water partition coefficient (Wildman–Crippen LogP) is -1.04. The summed E-state index contributed by atoms with van der Waals surface area (Å²) >= 11 is 0. The maximum Gasteiger partial charge on any atom is 0.323 e. The lowest BCUT2D eigenvalue weighted by Crippen LogP contribution is -2.33. The van der Waals surface area contributed by atoms with Crippen LogP contribution in [-0.4, -0.2) is 63.7 Å². The van der Waals surface area contributed by atoms with E-state index in [-0.39, 0.29) is 18.5 Å². The van der Waals surface area contributed by atoms with Gasteiger partial charge in [0.15, 0.2) is 0 Å². The average Bonchev–Trinajstić information content (AvgIpc) is 2.92. The van der Waals surface area contributed by atoms with Crippen LogP contribution in [0.25, 0.3) is 0 Å². The summed E-state index contributed by atoms with van der Waals surface area (Å²) in [5.74, 6) is 0.0668. The fourth-order valence-corrected chi connectivity index (χ4v) is 1.91. The molecule has 3 N–H and O–H groups in total. The number of carbonyl (C=O) groups excluding carboxylic acids is 1. The molecule has 1 atom stereocenters. The van der Waals surface area contributed by atoms with Crippen molar-refractivity contribution in [3.8, 4) is 0 Å². The first kappa shape index (κ1) is 13.4. The van der Waals surface area contributed by atoms with Crippen LogP contribution in [0.5, 0.6) is 0 Å². The second-order valence-corrected chi connectivity index (χ2v) is 4.06.